The Morgan fingerprint density at radius 1 is 0.459 bits per heavy atom. The first-order chi connectivity index (χ1) is 29.6. The van der Waals surface area contributed by atoms with Crippen LogP contribution in [0.1, 0.15) is 56.4 Å². The summed E-state index contributed by atoms with van der Waals surface area (Å²) < 4.78 is 6.57. The number of aryl methyl sites for hydroxylation is 2. The summed E-state index contributed by atoms with van der Waals surface area (Å²) in [6.45, 7) is 14.3. The number of fused-ring (bicyclic) bond motifs is 8. The molecule has 4 heteroatoms. The molecule has 2 aliphatic heterocycles. The standard InChI is InChI=1S/C57H47BN2O/c1-35-28-50-55-51(29-35)60(47-21-15-23-53-54(47)41-20-13-14-22-52(41)61-53)48-31-40(38-18-11-8-12-19-38)24-26-44(48)58(55)45-32-42-43(57(5,6)34-56(42,3)4)33-49(45)59(50)46-27-25-39(30-36(46)2)37-16-9-7-10-17-37/h7-33H,34H2,1-6H3. The van der Waals surface area contributed by atoms with Gasteiger partial charge in [0.15, 0.2) is 0 Å². The van der Waals surface area contributed by atoms with Crippen molar-refractivity contribution in [3.63, 3.8) is 0 Å². The zero-order chi connectivity index (χ0) is 41.4. The Bertz CT molecular complexity index is 3270. The number of hydrogen-bond donors (Lipinski definition) is 0. The van der Waals surface area contributed by atoms with Gasteiger partial charge in [-0.3, -0.25) is 0 Å². The Balaban J connectivity index is 1.19. The molecular weight excluding hydrogens is 739 g/mol. The van der Waals surface area contributed by atoms with Crippen LogP contribution in [0.25, 0.3) is 44.2 Å². The van der Waals surface area contributed by atoms with Crippen LogP contribution in [0, 0.1) is 13.8 Å². The molecule has 1 aromatic heterocycles. The zero-order valence-electron chi connectivity index (χ0n) is 35.7. The molecular formula is C57H47BN2O. The molecule has 0 amide bonds. The van der Waals surface area contributed by atoms with Crippen LogP contribution in [0.5, 0.6) is 0 Å². The highest BCUT2D eigenvalue weighted by molar-refractivity contribution is 7.00. The van der Waals surface area contributed by atoms with Crippen LogP contribution >= 0.6 is 0 Å². The summed E-state index contributed by atoms with van der Waals surface area (Å²) >= 11 is 0. The Morgan fingerprint density at radius 2 is 1.05 bits per heavy atom. The van der Waals surface area contributed by atoms with Gasteiger partial charge in [-0.25, -0.2) is 0 Å². The highest BCUT2D eigenvalue weighted by Crippen LogP contribution is 2.53. The van der Waals surface area contributed by atoms with E-state index < -0.39 is 0 Å². The smallest absolute Gasteiger partial charge is 0.252 e. The summed E-state index contributed by atoms with van der Waals surface area (Å²) in [6, 6.07) is 60.9. The zero-order valence-corrected chi connectivity index (χ0v) is 35.7. The van der Waals surface area contributed by atoms with E-state index in [1.807, 2.05) is 0 Å². The lowest BCUT2D eigenvalue weighted by Crippen LogP contribution is -2.61. The number of hydrogen-bond acceptors (Lipinski definition) is 3. The van der Waals surface area contributed by atoms with E-state index in [1.165, 1.54) is 89.3 Å². The van der Waals surface area contributed by atoms with E-state index in [1.54, 1.807) is 0 Å². The van der Waals surface area contributed by atoms with Crippen molar-refractivity contribution in [3.05, 3.63) is 186 Å². The number of rotatable bonds is 4. The fraction of sp³-hybridized carbons (Fsp3) is 0.158. The molecule has 3 nitrogen and oxygen atoms in total. The third-order valence-electron chi connectivity index (χ3n) is 14.0. The van der Waals surface area contributed by atoms with Crippen LogP contribution in [-0.2, 0) is 10.8 Å². The number of nitrogens with zero attached hydrogens (tertiary/aromatic N) is 2. The fourth-order valence-corrected chi connectivity index (χ4v) is 11.6. The van der Waals surface area contributed by atoms with E-state index in [0.29, 0.717) is 0 Å². The number of benzene rings is 8. The molecule has 0 atom stereocenters. The van der Waals surface area contributed by atoms with Crippen molar-refractivity contribution in [1.29, 1.82) is 0 Å². The molecule has 0 fully saturated rings. The maximum absolute atomic E-state index is 6.57. The van der Waals surface area contributed by atoms with Gasteiger partial charge in [-0.1, -0.05) is 137 Å². The molecule has 0 unspecified atom stereocenters. The predicted octanol–water partition coefficient (Wildman–Crippen LogP) is 13.6. The van der Waals surface area contributed by atoms with Crippen LogP contribution in [0.3, 0.4) is 0 Å². The highest BCUT2D eigenvalue weighted by Gasteiger charge is 2.48. The minimum Gasteiger partial charge on any atom is -0.456 e. The first kappa shape index (κ1) is 36.1. The topological polar surface area (TPSA) is 19.6 Å². The Hall–Kier alpha value is -6.78. The Morgan fingerprint density at radius 3 is 1.75 bits per heavy atom. The summed E-state index contributed by atoms with van der Waals surface area (Å²) in [5.41, 5.74) is 23.5. The maximum Gasteiger partial charge on any atom is 0.252 e. The van der Waals surface area contributed by atoms with Crippen LogP contribution in [0.4, 0.5) is 34.1 Å². The van der Waals surface area contributed by atoms with E-state index in [-0.39, 0.29) is 17.5 Å². The summed E-state index contributed by atoms with van der Waals surface area (Å²) in [5, 5.41) is 2.25. The van der Waals surface area contributed by atoms with Crippen LogP contribution < -0.4 is 26.2 Å². The van der Waals surface area contributed by atoms with Crippen molar-refractivity contribution >= 4 is 79.2 Å². The van der Waals surface area contributed by atoms with Gasteiger partial charge in [-0.05, 0) is 147 Å². The fourth-order valence-electron chi connectivity index (χ4n) is 11.6. The van der Waals surface area contributed by atoms with E-state index in [2.05, 4.69) is 215 Å². The van der Waals surface area contributed by atoms with E-state index in [4.69, 9.17) is 4.42 Å². The molecule has 0 bridgehead atoms. The van der Waals surface area contributed by atoms with E-state index in [0.717, 1.165) is 34.0 Å². The second kappa shape index (κ2) is 12.9. The average molecular weight is 787 g/mol. The molecule has 0 N–H and O–H groups in total. The third kappa shape index (κ3) is 5.31. The van der Waals surface area contributed by atoms with Crippen LogP contribution in [-0.4, -0.2) is 6.71 Å². The molecule has 0 spiro atoms. The lowest BCUT2D eigenvalue weighted by atomic mass is 9.33. The van der Waals surface area contributed by atoms with Crippen molar-refractivity contribution < 1.29 is 4.42 Å². The van der Waals surface area contributed by atoms with Gasteiger partial charge in [-0.15, -0.1) is 0 Å². The lowest BCUT2D eigenvalue weighted by Gasteiger charge is -2.45. The summed E-state index contributed by atoms with van der Waals surface area (Å²) in [7, 11) is 0. The number of furan rings is 1. The van der Waals surface area contributed by atoms with Gasteiger partial charge < -0.3 is 14.2 Å². The maximum atomic E-state index is 6.57. The molecule has 61 heavy (non-hydrogen) atoms. The van der Waals surface area contributed by atoms with Gasteiger partial charge >= 0.3 is 0 Å². The molecule has 1 aliphatic carbocycles. The molecule has 0 radical (unpaired) electrons. The first-order valence-electron chi connectivity index (χ1n) is 21.8. The molecule has 0 saturated carbocycles. The molecule has 3 heterocycles. The minimum absolute atomic E-state index is 0.0157. The molecule has 12 rings (SSSR count). The van der Waals surface area contributed by atoms with Gasteiger partial charge in [0.1, 0.15) is 11.2 Å². The van der Waals surface area contributed by atoms with Crippen molar-refractivity contribution in [1.82, 2.24) is 0 Å². The monoisotopic (exact) mass is 786 g/mol. The molecule has 3 aliphatic rings. The SMILES string of the molecule is Cc1cc2c3c(c1)N(c1cccc4oc5ccccc5c14)c1cc(-c4ccccc4)ccc1B3c1cc3c(cc1N2c1ccc(-c2ccccc2)cc1C)C(C)(C)CC3(C)C. The van der Waals surface area contributed by atoms with Crippen molar-refractivity contribution in [3.8, 4) is 22.3 Å². The quantitative estimate of drug-likeness (QED) is 0.166. The summed E-state index contributed by atoms with van der Waals surface area (Å²) in [4.78, 5) is 5.17. The molecule has 0 saturated heterocycles. The van der Waals surface area contributed by atoms with Crippen LogP contribution in [0.2, 0.25) is 0 Å². The van der Waals surface area contributed by atoms with E-state index >= 15 is 0 Å². The largest absolute Gasteiger partial charge is 0.456 e. The second-order valence-corrected chi connectivity index (χ2v) is 19.0. The first-order valence-corrected chi connectivity index (χ1v) is 21.8. The lowest BCUT2D eigenvalue weighted by molar-refractivity contribution is 0.403. The molecule has 9 aromatic rings. The normalized spacial score (nSPS) is 15.5. The van der Waals surface area contributed by atoms with Gasteiger partial charge in [0.2, 0.25) is 0 Å². The van der Waals surface area contributed by atoms with Gasteiger partial charge in [0.05, 0.1) is 11.1 Å². The predicted molar refractivity (Wildman–Crippen MR) is 259 cm³/mol. The van der Waals surface area contributed by atoms with Crippen molar-refractivity contribution in [2.45, 2.75) is 58.8 Å². The second-order valence-electron chi connectivity index (χ2n) is 19.0. The number of para-hydroxylation sites is 1. The van der Waals surface area contributed by atoms with Crippen molar-refractivity contribution in [2.75, 3.05) is 9.80 Å². The summed E-state index contributed by atoms with van der Waals surface area (Å²) in [6.07, 6.45) is 1.11. The van der Waals surface area contributed by atoms with Crippen molar-refractivity contribution in [2.24, 2.45) is 0 Å². The molecule has 294 valence electrons. The van der Waals surface area contributed by atoms with Gasteiger partial charge in [0.25, 0.3) is 6.71 Å². The van der Waals surface area contributed by atoms with Gasteiger partial charge in [-0.2, -0.15) is 0 Å². The molecule has 8 aromatic carbocycles. The summed E-state index contributed by atoms with van der Waals surface area (Å²) in [5.74, 6) is 0. The average Bonchev–Trinajstić information content (AvgIpc) is 3.73. The number of anilines is 6. The third-order valence-corrected chi connectivity index (χ3v) is 14.0. The highest BCUT2D eigenvalue weighted by atomic mass is 16.3. The van der Waals surface area contributed by atoms with Crippen LogP contribution in [0.15, 0.2) is 168 Å². The Kier molecular flexibility index (Phi) is 7.62. The van der Waals surface area contributed by atoms with E-state index in [9.17, 15) is 0 Å². The minimum atomic E-state index is 0.0157. The Labute approximate surface area is 359 Å². The van der Waals surface area contributed by atoms with Gasteiger partial charge in [0, 0.05) is 33.8 Å².